The first-order valence-corrected chi connectivity index (χ1v) is 9.16. The Morgan fingerprint density at radius 1 is 1.33 bits per heavy atom. The van der Waals surface area contributed by atoms with Crippen LogP contribution in [0.5, 0.6) is 5.75 Å². The normalized spacial score (nSPS) is 11.5. The van der Waals surface area contributed by atoms with Gasteiger partial charge in [-0.25, -0.2) is 18.1 Å². The summed E-state index contributed by atoms with van der Waals surface area (Å²) in [6, 6.07) is 7.44. The molecule has 1 N–H and O–H groups in total. The largest absolute Gasteiger partial charge is 0.497 e. The number of nitrogens with one attached hydrogen (secondary N) is 1. The van der Waals surface area contributed by atoms with E-state index in [1.807, 2.05) is 29.6 Å². The van der Waals surface area contributed by atoms with E-state index < -0.39 is 10.0 Å². The van der Waals surface area contributed by atoms with Crippen molar-refractivity contribution in [3.05, 3.63) is 46.4 Å². The van der Waals surface area contributed by atoms with E-state index in [2.05, 4.69) is 9.71 Å². The molecule has 0 spiro atoms. The van der Waals surface area contributed by atoms with Crippen LogP contribution in [0.3, 0.4) is 0 Å². The number of rotatable bonds is 8. The molecule has 2 rings (SSSR count). The molecule has 0 amide bonds. The highest BCUT2D eigenvalue weighted by atomic mass is 32.2. The Balaban J connectivity index is 1.80. The van der Waals surface area contributed by atoms with Crippen LogP contribution < -0.4 is 9.46 Å². The lowest BCUT2D eigenvalue weighted by molar-refractivity contribution is 0.414. The zero-order valence-electron chi connectivity index (χ0n) is 11.8. The number of ether oxygens (including phenoxy) is 1. The summed E-state index contributed by atoms with van der Waals surface area (Å²) in [5.74, 6) is 0.804. The monoisotopic (exact) mass is 326 g/mol. The fourth-order valence-electron chi connectivity index (χ4n) is 1.85. The number of aryl methyl sites for hydroxylation is 1. The zero-order valence-corrected chi connectivity index (χ0v) is 13.4. The minimum atomic E-state index is -3.27. The Morgan fingerprint density at radius 2 is 2.19 bits per heavy atom. The van der Waals surface area contributed by atoms with Crippen molar-refractivity contribution in [1.29, 1.82) is 0 Å². The zero-order chi connectivity index (χ0) is 15.1. The summed E-state index contributed by atoms with van der Waals surface area (Å²) in [5, 5.41) is 1.92. The van der Waals surface area contributed by atoms with Crippen molar-refractivity contribution in [2.24, 2.45) is 0 Å². The molecule has 5 nitrogen and oxygen atoms in total. The summed E-state index contributed by atoms with van der Waals surface area (Å²) in [6.45, 7) is 0.379. The minimum Gasteiger partial charge on any atom is -0.497 e. The van der Waals surface area contributed by atoms with E-state index in [1.165, 1.54) is 11.3 Å². The Labute approximate surface area is 129 Å². The number of methoxy groups -OCH3 is 1. The van der Waals surface area contributed by atoms with Gasteiger partial charge in [-0.2, -0.15) is 0 Å². The highest BCUT2D eigenvalue weighted by molar-refractivity contribution is 7.89. The van der Waals surface area contributed by atoms with Gasteiger partial charge in [-0.05, 0) is 24.1 Å². The molecule has 2 aromatic rings. The van der Waals surface area contributed by atoms with Gasteiger partial charge in [-0.3, -0.25) is 0 Å². The van der Waals surface area contributed by atoms with E-state index in [0.717, 1.165) is 17.0 Å². The van der Waals surface area contributed by atoms with Crippen LogP contribution in [0.1, 0.15) is 11.3 Å². The van der Waals surface area contributed by atoms with Crippen molar-refractivity contribution in [2.75, 3.05) is 19.4 Å². The number of nitrogens with zero attached hydrogens (tertiary/aromatic N) is 1. The fraction of sp³-hybridized carbons (Fsp3) is 0.357. The Kier molecular flexibility index (Phi) is 5.72. The molecule has 1 aromatic heterocycles. The van der Waals surface area contributed by atoms with Gasteiger partial charge in [-0.1, -0.05) is 12.1 Å². The maximum atomic E-state index is 11.9. The first-order valence-electron chi connectivity index (χ1n) is 6.56. The molecule has 114 valence electrons. The lowest BCUT2D eigenvalue weighted by Crippen LogP contribution is -2.29. The van der Waals surface area contributed by atoms with Gasteiger partial charge in [0.2, 0.25) is 10.0 Å². The van der Waals surface area contributed by atoms with Gasteiger partial charge in [-0.15, -0.1) is 11.3 Å². The van der Waals surface area contributed by atoms with E-state index in [0.29, 0.717) is 19.4 Å². The molecule has 1 aromatic carbocycles. The number of aromatic nitrogens is 1. The molecule has 0 unspecified atom stereocenters. The van der Waals surface area contributed by atoms with Crippen molar-refractivity contribution >= 4 is 21.4 Å². The topological polar surface area (TPSA) is 68.3 Å². The third kappa shape index (κ3) is 5.45. The van der Waals surface area contributed by atoms with Crippen LogP contribution in [-0.4, -0.2) is 32.8 Å². The first kappa shape index (κ1) is 15.9. The predicted molar refractivity (Wildman–Crippen MR) is 84.3 cm³/mol. The maximum Gasteiger partial charge on any atom is 0.211 e. The molecule has 0 saturated heterocycles. The van der Waals surface area contributed by atoms with E-state index >= 15 is 0 Å². The molecule has 0 saturated carbocycles. The Morgan fingerprint density at radius 3 is 2.90 bits per heavy atom. The highest BCUT2D eigenvalue weighted by Crippen LogP contribution is 2.13. The van der Waals surface area contributed by atoms with Crippen LogP contribution >= 0.6 is 11.3 Å². The van der Waals surface area contributed by atoms with Gasteiger partial charge in [0.25, 0.3) is 0 Å². The second-order valence-electron chi connectivity index (χ2n) is 4.54. The second-order valence-corrected chi connectivity index (χ2v) is 7.19. The first-order chi connectivity index (χ1) is 10.1. The van der Waals surface area contributed by atoms with Crippen LogP contribution in [0.25, 0.3) is 0 Å². The molecule has 0 atom stereocenters. The molecule has 0 aliphatic heterocycles. The SMILES string of the molecule is COc1cccc(CCS(=O)(=O)NCCc2cscn2)c1. The van der Waals surface area contributed by atoms with Crippen molar-refractivity contribution in [2.45, 2.75) is 12.8 Å². The van der Waals surface area contributed by atoms with E-state index in [1.54, 1.807) is 12.6 Å². The van der Waals surface area contributed by atoms with Crippen molar-refractivity contribution in [1.82, 2.24) is 9.71 Å². The molecule has 0 radical (unpaired) electrons. The summed E-state index contributed by atoms with van der Waals surface area (Å²) >= 11 is 1.51. The van der Waals surface area contributed by atoms with Gasteiger partial charge in [0, 0.05) is 18.3 Å². The predicted octanol–water partition coefficient (Wildman–Crippen LogP) is 1.86. The molecule has 7 heteroatoms. The quantitative estimate of drug-likeness (QED) is 0.804. The third-order valence-electron chi connectivity index (χ3n) is 2.98. The standard InChI is InChI=1S/C14H18N2O3S2/c1-19-14-4-2-3-12(9-14)6-8-21(17,18)16-7-5-13-10-20-11-15-13/h2-4,9-11,16H,5-8H2,1H3. The third-order valence-corrected chi connectivity index (χ3v) is 5.00. The van der Waals surface area contributed by atoms with E-state index in [9.17, 15) is 8.42 Å². The summed E-state index contributed by atoms with van der Waals surface area (Å²) in [7, 11) is -1.67. The highest BCUT2D eigenvalue weighted by Gasteiger charge is 2.10. The van der Waals surface area contributed by atoms with Crippen LogP contribution in [0, 0.1) is 0 Å². The molecule has 21 heavy (non-hydrogen) atoms. The molecule has 0 aliphatic rings. The van der Waals surface area contributed by atoms with Crippen LogP contribution in [-0.2, 0) is 22.9 Å². The smallest absolute Gasteiger partial charge is 0.211 e. The van der Waals surface area contributed by atoms with Gasteiger partial charge < -0.3 is 4.74 Å². The average molecular weight is 326 g/mol. The Bertz CT molecular complexity index is 655. The molecule has 1 heterocycles. The molecular weight excluding hydrogens is 308 g/mol. The molecular formula is C14H18N2O3S2. The lowest BCUT2D eigenvalue weighted by atomic mass is 10.2. The summed E-state index contributed by atoms with van der Waals surface area (Å²) < 4.78 is 31.6. The Hall–Kier alpha value is -1.44. The summed E-state index contributed by atoms with van der Waals surface area (Å²) in [5.41, 5.74) is 3.60. The minimum absolute atomic E-state index is 0.0667. The number of hydrogen-bond donors (Lipinski definition) is 1. The van der Waals surface area contributed by atoms with Crippen LogP contribution in [0.15, 0.2) is 35.2 Å². The molecule has 0 fully saturated rings. The second kappa shape index (κ2) is 7.53. The van der Waals surface area contributed by atoms with Gasteiger partial charge >= 0.3 is 0 Å². The number of benzene rings is 1. The van der Waals surface area contributed by atoms with E-state index in [4.69, 9.17) is 4.74 Å². The van der Waals surface area contributed by atoms with Crippen LogP contribution in [0.2, 0.25) is 0 Å². The number of hydrogen-bond acceptors (Lipinski definition) is 5. The molecule has 0 aliphatic carbocycles. The van der Waals surface area contributed by atoms with Crippen molar-refractivity contribution in [3.63, 3.8) is 0 Å². The molecule has 0 bridgehead atoms. The summed E-state index contributed by atoms with van der Waals surface area (Å²) in [6.07, 6.45) is 1.07. The van der Waals surface area contributed by atoms with Crippen molar-refractivity contribution < 1.29 is 13.2 Å². The van der Waals surface area contributed by atoms with Gasteiger partial charge in [0.05, 0.1) is 24.1 Å². The van der Waals surface area contributed by atoms with E-state index in [-0.39, 0.29) is 5.75 Å². The van der Waals surface area contributed by atoms with Crippen molar-refractivity contribution in [3.8, 4) is 5.75 Å². The van der Waals surface area contributed by atoms with Crippen LogP contribution in [0.4, 0.5) is 0 Å². The lowest BCUT2D eigenvalue weighted by Gasteiger charge is -2.07. The number of thiazole rings is 1. The van der Waals surface area contributed by atoms with Gasteiger partial charge in [0.15, 0.2) is 0 Å². The average Bonchev–Trinajstić information content (AvgIpc) is 2.99. The fourth-order valence-corrected chi connectivity index (χ4v) is 3.50. The van der Waals surface area contributed by atoms with Gasteiger partial charge in [0.1, 0.15) is 5.75 Å². The summed E-state index contributed by atoms with van der Waals surface area (Å²) in [4.78, 5) is 4.12. The number of sulfonamides is 1. The maximum absolute atomic E-state index is 11.9.